The smallest absolute Gasteiger partial charge is 0.191 e. The molecule has 0 atom stereocenters. The van der Waals surface area contributed by atoms with Crippen molar-refractivity contribution >= 4 is 52.9 Å². The molecule has 150 valence electrons. The van der Waals surface area contributed by atoms with Crippen molar-refractivity contribution in [2.24, 2.45) is 4.99 Å². The maximum atomic E-state index is 6.31. The predicted octanol–water partition coefficient (Wildman–Crippen LogP) is 4.04. The molecule has 27 heavy (non-hydrogen) atoms. The minimum absolute atomic E-state index is 0. The van der Waals surface area contributed by atoms with Crippen LogP contribution in [0.5, 0.6) is 11.5 Å². The van der Waals surface area contributed by atoms with Gasteiger partial charge in [0.25, 0.3) is 0 Å². The van der Waals surface area contributed by atoms with Crippen molar-refractivity contribution in [2.45, 2.75) is 26.8 Å². The van der Waals surface area contributed by atoms with Crippen molar-refractivity contribution in [2.75, 3.05) is 27.3 Å². The zero-order valence-corrected chi connectivity index (χ0v) is 19.9. The summed E-state index contributed by atoms with van der Waals surface area (Å²) in [6.07, 6.45) is 0.855. The van der Waals surface area contributed by atoms with Gasteiger partial charge in [-0.25, -0.2) is 4.98 Å². The molecular weight excluding hydrogens is 499 g/mol. The largest absolute Gasteiger partial charge is 0.493 e. The highest BCUT2D eigenvalue weighted by Gasteiger charge is 2.12. The summed E-state index contributed by atoms with van der Waals surface area (Å²) in [4.78, 5) is 8.70. The SMILES string of the molecule is CCOc1c(Cl)cc(CNC(=NC)NCCc2csc(C)n2)cc1OC.I. The summed E-state index contributed by atoms with van der Waals surface area (Å²) in [5.74, 6) is 1.92. The molecule has 9 heteroatoms. The van der Waals surface area contributed by atoms with Crippen molar-refractivity contribution in [1.29, 1.82) is 0 Å². The highest BCUT2D eigenvalue weighted by Crippen LogP contribution is 2.36. The van der Waals surface area contributed by atoms with Crippen LogP contribution in [0.15, 0.2) is 22.5 Å². The van der Waals surface area contributed by atoms with Gasteiger partial charge in [-0.3, -0.25) is 4.99 Å². The fourth-order valence-electron chi connectivity index (χ4n) is 2.40. The Hall–Kier alpha value is -1.26. The molecule has 0 saturated carbocycles. The maximum Gasteiger partial charge on any atom is 0.191 e. The number of nitrogens with zero attached hydrogens (tertiary/aromatic N) is 2. The van der Waals surface area contributed by atoms with E-state index in [-0.39, 0.29) is 24.0 Å². The van der Waals surface area contributed by atoms with Crippen LogP contribution in [0.25, 0.3) is 0 Å². The van der Waals surface area contributed by atoms with Gasteiger partial charge in [0.15, 0.2) is 17.5 Å². The second kappa shape index (κ2) is 12.2. The lowest BCUT2D eigenvalue weighted by atomic mass is 10.2. The van der Waals surface area contributed by atoms with Gasteiger partial charge in [0.2, 0.25) is 0 Å². The van der Waals surface area contributed by atoms with E-state index in [1.54, 1.807) is 25.5 Å². The summed E-state index contributed by atoms with van der Waals surface area (Å²) in [6, 6.07) is 3.78. The molecule has 2 N–H and O–H groups in total. The van der Waals surface area contributed by atoms with Gasteiger partial charge in [-0.05, 0) is 31.5 Å². The van der Waals surface area contributed by atoms with Gasteiger partial charge in [-0.1, -0.05) is 11.6 Å². The molecule has 2 rings (SSSR count). The Bertz CT molecular complexity index is 755. The van der Waals surface area contributed by atoms with Crippen molar-refractivity contribution in [3.05, 3.63) is 38.8 Å². The van der Waals surface area contributed by atoms with Crippen LogP contribution in [-0.2, 0) is 13.0 Å². The van der Waals surface area contributed by atoms with Gasteiger partial charge in [0, 0.05) is 31.9 Å². The van der Waals surface area contributed by atoms with E-state index < -0.39 is 0 Å². The zero-order valence-electron chi connectivity index (χ0n) is 16.0. The summed E-state index contributed by atoms with van der Waals surface area (Å²) in [5, 5.41) is 10.3. The standard InChI is InChI=1S/C18H25ClN4O2S.HI/c1-5-25-17-15(19)8-13(9-16(17)24-4)10-22-18(20-3)21-7-6-14-11-26-12(2)23-14;/h8-9,11H,5-7,10H2,1-4H3,(H2,20,21,22);1H. The van der Waals surface area contributed by atoms with E-state index in [0.29, 0.717) is 29.7 Å². The number of benzene rings is 1. The molecule has 0 spiro atoms. The van der Waals surface area contributed by atoms with Crippen LogP contribution in [0.2, 0.25) is 5.02 Å². The highest BCUT2D eigenvalue weighted by molar-refractivity contribution is 14.0. The third-order valence-electron chi connectivity index (χ3n) is 3.60. The summed E-state index contributed by atoms with van der Waals surface area (Å²) in [7, 11) is 3.35. The second-order valence-corrected chi connectivity index (χ2v) is 6.97. The summed E-state index contributed by atoms with van der Waals surface area (Å²) in [5.41, 5.74) is 2.08. The van der Waals surface area contributed by atoms with E-state index in [1.807, 2.05) is 26.0 Å². The van der Waals surface area contributed by atoms with Crippen LogP contribution in [0.3, 0.4) is 0 Å². The number of thiazole rings is 1. The van der Waals surface area contributed by atoms with E-state index >= 15 is 0 Å². The zero-order chi connectivity index (χ0) is 18.9. The molecule has 1 aromatic heterocycles. The van der Waals surface area contributed by atoms with Crippen molar-refractivity contribution < 1.29 is 9.47 Å². The summed E-state index contributed by atoms with van der Waals surface area (Å²) in [6.45, 7) is 5.78. The number of hydrogen-bond acceptors (Lipinski definition) is 5. The van der Waals surface area contributed by atoms with Crippen LogP contribution in [0.1, 0.15) is 23.2 Å². The number of methoxy groups -OCH3 is 1. The van der Waals surface area contributed by atoms with E-state index in [9.17, 15) is 0 Å². The molecule has 6 nitrogen and oxygen atoms in total. The quantitative estimate of drug-likeness (QED) is 0.310. The molecule has 0 fully saturated rings. The second-order valence-electron chi connectivity index (χ2n) is 5.50. The minimum atomic E-state index is 0. The molecule has 2 aromatic rings. The van der Waals surface area contributed by atoms with Crippen molar-refractivity contribution in [3.63, 3.8) is 0 Å². The lowest BCUT2D eigenvalue weighted by Crippen LogP contribution is -2.37. The lowest BCUT2D eigenvalue weighted by molar-refractivity contribution is 0.311. The van der Waals surface area contributed by atoms with Gasteiger partial charge in [-0.2, -0.15) is 0 Å². The predicted molar refractivity (Wildman–Crippen MR) is 123 cm³/mol. The van der Waals surface area contributed by atoms with Gasteiger partial charge >= 0.3 is 0 Å². The molecule has 0 unspecified atom stereocenters. The maximum absolute atomic E-state index is 6.31. The normalized spacial score (nSPS) is 10.9. The number of aryl methyl sites for hydroxylation is 1. The fourth-order valence-corrected chi connectivity index (χ4v) is 3.33. The molecule has 0 radical (unpaired) electrons. The van der Waals surface area contributed by atoms with Crippen molar-refractivity contribution in [1.82, 2.24) is 15.6 Å². The molecule has 0 amide bonds. The molecule has 1 aromatic carbocycles. The third-order valence-corrected chi connectivity index (χ3v) is 4.70. The molecule has 0 aliphatic carbocycles. The van der Waals surface area contributed by atoms with Crippen LogP contribution >= 0.6 is 46.9 Å². The molecular formula is C18H26ClIN4O2S. The summed E-state index contributed by atoms with van der Waals surface area (Å²) < 4.78 is 10.9. The van der Waals surface area contributed by atoms with Gasteiger partial charge in [0.05, 0.1) is 29.4 Å². The van der Waals surface area contributed by atoms with Crippen LogP contribution in [0.4, 0.5) is 0 Å². The van der Waals surface area contributed by atoms with Crippen molar-refractivity contribution in [3.8, 4) is 11.5 Å². The molecule has 0 aliphatic rings. The van der Waals surface area contributed by atoms with Gasteiger partial charge < -0.3 is 20.1 Å². The van der Waals surface area contributed by atoms with Crippen LogP contribution in [0, 0.1) is 6.92 Å². The number of nitrogens with one attached hydrogen (secondary N) is 2. The third kappa shape index (κ3) is 7.34. The number of rotatable bonds is 8. The van der Waals surface area contributed by atoms with E-state index in [4.69, 9.17) is 21.1 Å². The minimum Gasteiger partial charge on any atom is -0.493 e. The monoisotopic (exact) mass is 524 g/mol. The average Bonchev–Trinajstić information content (AvgIpc) is 3.05. The first kappa shape index (κ1) is 23.8. The Kier molecular flexibility index (Phi) is 10.8. The number of hydrogen-bond donors (Lipinski definition) is 2. The van der Waals surface area contributed by atoms with Crippen LogP contribution in [-0.4, -0.2) is 38.3 Å². The molecule has 0 saturated heterocycles. The number of ether oxygens (including phenoxy) is 2. The number of guanidine groups is 1. The average molecular weight is 525 g/mol. The molecule has 1 heterocycles. The first-order valence-corrected chi connectivity index (χ1v) is 9.67. The molecule has 0 bridgehead atoms. The lowest BCUT2D eigenvalue weighted by Gasteiger charge is -2.15. The molecule has 0 aliphatic heterocycles. The number of aliphatic imine (C=N–C) groups is 1. The Morgan fingerprint density at radius 3 is 2.70 bits per heavy atom. The van der Waals surface area contributed by atoms with E-state index in [1.165, 1.54) is 0 Å². The van der Waals surface area contributed by atoms with E-state index in [0.717, 1.165) is 35.2 Å². The first-order valence-electron chi connectivity index (χ1n) is 8.42. The Morgan fingerprint density at radius 1 is 1.33 bits per heavy atom. The number of halogens is 2. The Balaban J connectivity index is 0.00000364. The first-order chi connectivity index (χ1) is 12.6. The van der Waals surface area contributed by atoms with Gasteiger partial charge in [-0.15, -0.1) is 35.3 Å². The van der Waals surface area contributed by atoms with Gasteiger partial charge in [0.1, 0.15) is 0 Å². The van der Waals surface area contributed by atoms with Crippen LogP contribution < -0.4 is 20.1 Å². The Morgan fingerprint density at radius 2 is 2.11 bits per heavy atom. The topological polar surface area (TPSA) is 67.8 Å². The van der Waals surface area contributed by atoms with E-state index in [2.05, 4.69) is 26.0 Å². The Labute approximate surface area is 186 Å². The fraction of sp³-hybridized carbons (Fsp3) is 0.444. The highest BCUT2D eigenvalue weighted by atomic mass is 127. The summed E-state index contributed by atoms with van der Waals surface area (Å²) >= 11 is 7.98. The number of aromatic nitrogens is 1.